The van der Waals surface area contributed by atoms with Gasteiger partial charge in [0.2, 0.25) is 0 Å². The summed E-state index contributed by atoms with van der Waals surface area (Å²) in [6.07, 6.45) is 5.32. The number of aliphatic hydroxyl groups excluding tert-OH is 1. The number of piperidine rings is 1. The first-order chi connectivity index (χ1) is 12.9. The van der Waals surface area contributed by atoms with Gasteiger partial charge in [-0.25, -0.2) is 4.79 Å². The number of nitrogens with one attached hydrogen (secondary N) is 1. The van der Waals surface area contributed by atoms with Crippen molar-refractivity contribution in [2.45, 2.75) is 59.6 Å². The standard InChI is InChI=1S/C22H31N3O2/c1-6-17-19(7-2)25(14(3)4)20-9-8-18(15(5)21(17)20)23-22(27)24-12-10-16(26)11-13-24/h6-9,14,16,26H,10-13H2,1-5H3,(H,23,27)/b17-6+,19-7+. The van der Waals surface area contributed by atoms with Crippen molar-refractivity contribution in [2.24, 2.45) is 0 Å². The van der Waals surface area contributed by atoms with Crippen molar-refractivity contribution in [3.63, 3.8) is 0 Å². The number of amides is 2. The van der Waals surface area contributed by atoms with E-state index in [1.165, 1.54) is 21.5 Å². The number of nitrogens with zero attached hydrogens (tertiary/aromatic N) is 2. The molecule has 0 saturated carbocycles. The Kier molecular flexibility index (Phi) is 5.61. The number of rotatable bonds is 2. The zero-order chi connectivity index (χ0) is 19.7. The molecule has 1 aliphatic rings. The number of likely N-dealkylation sites (tertiary alicyclic amines) is 1. The fourth-order valence-corrected chi connectivity index (χ4v) is 4.17. The third-order valence-corrected chi connectivity index (χ3v) is 5.58. The Balaban J connectivity index is 2.04. The lowest BCUT2D eigenvalue weighted by atomic mass is 10.1. The molecule has 2 N–H and O–H groups in total. The van der Waals surface area contributed by atoms with E-state index in [0.29, 0.717) is 32.0 Å². The predicted molar refractivity (Wildman–Crippen MR) is 112 cm³/mol. The zero-order valence-electron chi connectivity index (χ0n) is 17.0. The van der Waals surface area contributed by atoms with Gasteiger partial charge < -0.3 is 19.9 Å². The number of hydrogen-bond acceptors (Lipinski definition) is 2. The predicted octanol–water partition coefficient (Wildman–Crippen LogP) is 3.12. The maximum Gasteiger partial charge on any atom is 0.321 e. The fraction of sp³-hybridized carbons (Fsp3) is 0.500. The molecular formula is C22H31N3O2. The highest BCUT2D eigenvalue weighted by Crippen LogP contribution is 2.25. The van der Waals surface area contributed by atoms with Crippen LogP contribution in [0.25, 0.3) is 23.1 Å². The number of fused-ring (bicyclic) bond motifs is 1. The van der Waals surface area contributed by atoms with Crippen molar-refractivity contribution in [1.29, 1.82) is 0 Å². The lowest BCUT2D eigenvalue weighted by Crippen LogP contribution is -2.42. The molecule has 1 fully saturated rings. The molecule has 1 saturated heterocycles. The summed E-state index contributed by atoms with van der Waals surface area (Å²) in [5.41, 5.74) is 3.14. The van der Waals surface area contributed by atoms with E-state index in [4.69, 9.17) is 0 Å². The van der Waals surface area contributed by atoms with Crippen molar-refractivity contribution < 1.29 is 9.90 Å². The summed E-state index contributed by atoms with van der Waals surface area (Å²) >= 11 is 0. The third-order valence-electron chi connectivity index (χ3n) is 5.58. The van der Waals surface area contributed by atoms with E-state index in [-0.39, 0.29) is 12.1 Å². The molecule has 0 unspecified atom stereocenters. The van der Waals surface area contributed by atoms with Crippen LogP contribution in [-0.4, -0.2) is 39.8 Å². The molecule has 0 radical (unpaired) electrons. The maximum atomic E-state index is 12.7. The van der Waals surface area contributed by atoms with E-state index >= 15 is 0 Å². The van der Waals surface area contributed by atoms with E-state index in [0.717, 1.165) is 11.3 Å². The van der Waals surface area contributed by atoms with Crippen LogP contribution in [0.2, 0.25) is 0 Å². The average molecular weight is 370 g/mol. The van der Waals surface area contributed by atoms with Crippen LogP contribution in [0.1, 0.15) is 52.1 Å². The molecule has 0 atom stereocenters. The van der Waals surface area contributed by atoms with Crippen molar-refractivity contribution in [3.05, 3.63) is 28.3 Å². The van der Waals surface area contributed by atoms with Crippen LogP contribution in [0, 0.1) is 6.92 Å². The fourth-order valence-electron chi connectivity index (χ4n) is 4.17. The summed E-state index contributed by atoms with van der Waals surface area (Å²) in [6.45, 7) is 11.8. The summed E-state index contributed by atoms with van der Waals surface area (Å²) in [4.78, 5) is 14.5. The quantitative estimate of drug-likeness (QED) is 0.854. The van der Waals surface area contributed by atoms with Gasteiger partial charge in [0.1, 0.15) is 0 Å². The normalized spacial score (nSPS) is 17.4. The van der Waals surface area contributed by atoms with E-state index in [1.54, 1.807) is 4.90 Å². The highest BCUT2D eigenvalue weighted by Gasteiger charge is 2.22. The Bertz CT molecular complexity index is 964. The van der Waals surface area contributed by atoms with Gasteiger partial charge in [-0.05, 0) is 65.2 Å². The van der Waals surface area contributed by atoms with Crippen LogP contribution in [0.15, 0.2) is 12.1 Å². The van der Waals surface area contributed by atoms with Crippen molar-refractivity contribution in [3.8, 4) is 0 Å². The monoisotopic (exact) mass is 369 g/mol. The molecule has 2 aromatic rings. The molecule has 1 aliphatic heterocycles. The van der Waals surface area contributed by atoms with Crippen LogP contribution < -0.4 is 15.9 Å². The van der Waals surface area contributed by atoms with Gasteiger partial charge in [0.05, 0.1) is 6.10 Å². The van der Waals surface area contributed by atoms with Gasteiger partial charge in [-0.2, -0.15) is 0 Å². The molecule has 0 aliphatic carbocycles. The number of aryl methyl sites for hydroxylation is 1. The van der Waals surface area contributed by atoms with Crippen LogP contribution >= 0.6 is 0 Å². The Morgan fingerprint density at radius 1 is 1.22 bits per heavy atom. The topological polar surface area (TPSA) is 57.5 Å². The molecule has 2 amide bonds. The number of hydrogen-bond donors (Lipinski definition) is 2. The summed E-state index contributed by atoms with van der Waals surface area (Å²) in [5, 5.41) is 16.4. The minimum absolute atomic E-state index is 0.0862. The summed E-state index contributed by atoms with van der Waals surface area (Å²) < 4.78 is 2.36. The Morgan fingerprint density at radius 2 is 1.89 bits per heavy atom. The lowest BCUT2D eigenvalue weighted by molar-refractivity contribution is 0.0972. The van der Waals surface area contributed by atoms with E-state index in [1.807, 2.05) is 6.07 Å². The average Bonchev–Trinajstić information content (AvgIpc) is 2.98. The van der Waals surface area contributed by atoms with Crippen molar-refractivity contribution >= 4 is 34.8 Å². The third kappa shape index (κ3) is 3.48. The second kappa shape index (κ2) is 7.77. The number of carbonyl (C=O) groups excluding carboxylic acids is 1. The molecule has 0 spiro atoms. The maximum absolute atomic E-state index is 12.7. The first-order valence-electron chi connectivity index (χ1n) is 9.89. The highest BCUT2D eigenvalue weighted by atomic mass is 16.3. The van der Waals surface area contributed by atoms with Crippen LogP contribution in [0.3, 0.4) is 0 Å². The van der Waals surface area contributed by atoms with Gasteiger partial charge >= 0.3 is 6.03 Å². The number of carbonyl (C=O) groups is 1. The molecule has 146 valence electrons. The van der Waals surface area contributed by atoms with Gasteiger partial charge in [-0.3, -0.25) is 0 Å². The molecule has 5 nitrogen and oxygen atoms in total. The lowest BCUT2D eigenvalue weighted by Gasteiger charge is -2.29. The van der Waals surface area contributed by atoms with E-state index < -0.39 is 0 Å². The number of anilines is 1. The minimum Gasteiger partial charge on any atom is -0.393 e. The van der Waals surface area contributed by atoms with E-state index in [2.05, 4.69) is 62.7 Å². The highest BCUT2D eigenvalue weighted by molar-refractivity contribution is 5.96. The second-order valence-electron chi connectivity index (χ2n) is 7.62. The molecule has 27 heavy (non-hydrogen) atoms. The van der Waals surface area contributed by atoms with Crippen molar-refractivity contribution in [1.82, 2.24) is 9.47 Å². The Hall–Kier alpha value is -2.27. The molecule has 2 heterocycles. The second-order valence-corrected chi connectivity index (χ2v) is 7.62. The molecule has 0 bridgehead atoms. The van der Waals surface area contributed by atoms with Crippen LogP contribution in [0.4, 0.5) is 10.5 Å². The van der Waals surface area contributed by atoms with Gasteiger partial charge in [-0.15, -0.1) is 0 Å². The number of aromatic nitrogens is 1. The molecule has 3 rings (SSSR count). The summed E-state index contributed by atoms with van der Waals surface area (Å²) in [6, 6.07) is 4.38. The Labute approximate surface area is 161 Å². The zero-order valence-corrected chi connectivity index (χ0v) is 17.0. The van der Waals surface area contributed by atoms with Gasteiger partial charge in [-0.1, -0.05) is 12.2 Å². The molecule has 5 heteroatoms. The molecular weight excluding hydrogens is 338 g/mol. The smallest absolute Gasteiger partial charge is 0.321 e. The Morgan fingerprint density at radius 3 is 2.44 bits per heavy atom. The summed E-state index contributed by atoms with van der Waals surface area (Å²) in [7, 11) is 0. The number of benzene rings is 1. The van der Waals surface area contributed by atoms with Crippen molar-refractivity contribution in [2.75, 3.05) is 18.4 Å². The molecule has 1 aromatic carbocycles. The first-order valence-corrected chi connectivity index (χ1v) is 9.89. The number of aliphatic hydroxyl groups is 1. The minimum atomic E-state index is -0.283. The number of urea groups is 1. The molecule has 1 aromatic heterocycles. The largest absolute Gasteiger partial charge is 0.393 e. The SMILES string of the molecule is C/C=c1\c(=C/C)n(C(C)C)c2ccc(NC(=O)N3CCC(O)CC3)c(C)c12. The van der Waals surface area contributed by atoms with E-state index in [9.17, 15) is 9.90 Å². The van der Waals surface area contributed by atoms with Gasteiger partial charge in [0.25, 0.3) is 0 Å². The van der Waals surface area contributed by atoms with Crippen LogP contribution in [0.5, 0.6) is 0 Å². The van der Waals surface area contributed by atoms with Crippen LogP contribution in [-0.2, 0) is 0 Å². The van der Waals surface area contributed by atoms with Gasteiger partial charge in [0.15, 0.2) is 0 Å². The summed E-state index contributed by atoms with van der Waals surface area (Å²) in [5.74, 6) is 0. The van der Waals surface area contributed by atoms with Gasteiger partial charge in [0, 0.05) is 46.3 Å². The first kappa shape index (κ1) is 19.5.